The topological polar surface area (TPSA) is 235 Å². The van der Waals surface area contributed by atoms with Crippen LogP contribution in [0.1, 0.15) is 18.3 Å². The normalized spacial score (nSPS) is 37.2. The lowest BCUT2D eigenvalue weighted by Gasteiger charge is -2.29. The summed E-state index contributed by atoms with van der Waals surface area (Å²) in [5.41, 5.74) is 6.07. The van der Waals surface area contributed by atoms with Crippen LogP contribution in [-0.4, -0.2) is 109 Å². The fourth-order valence-electron chi connectivity index (χ4n) is 5.54. The molecule has 19 nitrogen and oxygen atoms in total. The van der Waals surface area contributed by atoms with Gasteiger partial charge in [0.15, 0.2) is 41.3 Å². The molecule has 248 valence electrons. The van der Waals surface area contributed by atoms with Crippen molar-refractivity contribution >= 4 is 61.7 Å². The zero-order chi connectivity index (χ0) is 32.5. The SMILES string of the molecule is [BH3-][P@@]1(=O)OCC2OC(n3cnc4c(=O)[nH]c(C)nc43)C(OP(O)(=S)OCC3OC(n4cnc5c(N)ncnc54)C(F)C3O1)C2OC. The molecule has 0 saturated carbocycles. The molecule has 4 aromatic rings. The summed E-state index contributed by atoms with van der Waals surface area (Å²) in [4.78, 5) is 47.1. The summed E-state index contributed by atoms with van der Waals surface area (Å²) in [5.74, 6) is 0.412. The number of alkyl halides is 1. The molecule has 3 fully saturated rings. The summed E-state index contributed by atoms with van der Waals surface area (Å²) in [6.45, 7) is -3.37. The number of hydrogen-bond acceptors (Lipinski definition) is 16. The van der Waals surface area contributed by atoms with Gasteiger partial charge >= 0.3 is 6.72 Å². The molecule has 0 aliphatic carbocycles. The highest BCUT2D eigenvalue weighted by molar-refractivity contribution is 8.07. The zero-order valence-electron chi connectivity index (χ0n) is 23.3. The summed E-state index contributed by atoms with van der Waals surface area (Å²) in [5, 5.41) is 0. The molecule has 9 unspecified atom stereocenters. The number of fused-ring (bicyclic) bond motifs is 5. The van der Waals surface area contributed by atoms with Crippen molar-refractivity contribution in [3.63, 3.8) is 0 Å². The number of nitrogen functional groups attached to an aromatic ring is 1. The van der Waals surface area contributed by atoms with Crippen molar-refractivity contribution in [2.75, 3.05) is 26.1 Å². The van der Waals surface area contributed by atoms with Crippen LogP contribution in [-0.2, 0) is 48.7 Å². The van der Waals surface area contributed by atoms with Crippen LogP contribution >= 0.6 is 14.2 Å². The second kappa shape index (κ2) is 11.7. The van der Waals surface area contributed by atoms with Gasteiger partial charge in [0.2, 0.25) is 0 Å². The van der Waals surface area contributed by atoms with Gasteiger partial charge in [-0.3, -0.25) is 18.5 Å². The third-order valence-corrected chi connectivity index (χ3v) is 9.85. The van der Waals surface area contributed by atoms with Crippen LogP contribution in [0.4, 0.5) is 10.2 Å². The van der Waals surface area contributed by atoms with Crippen LogP contribution in [0, 0.1) is 6.92 Å². The number of nitrogens with two attached hydrogens (primary N) is 1. The molecule has 0 aromatic carbocycles. The van der Waals surface area contributed by atoms with Gasteiger partial charge in [-0.25, -0.2) is 29.3 Å². The molecule has 4 aromatic heterocycles. The summed E-state index contributed by atoms with van der Waals surface area (Å²) in [7, 11) is -3.61. The maximum absolute atomic E-state index is 16.1. The number of imidazole rings is 2. The number of aromatic nitrogens is 8. The molecule has 3 aliphatic rings. The number of nitrogens with one attached hydrogen (secondary N) is 1. The summed E-state index contributed by atoms with van der Waals surface area (Å²) >= 11 is 5.37. The molecule has 4 N–H and O–H groups in total. The number of aromatic amines is 1. The molecule has 2 bridgehead atoms. The van der Waals surface area contributed by atoms with Gasteiger partial charge in [-0.2, -0.15) is 0 Å². The van der Waals surface area contributed by atoms with Gasteiger partial charge in [-0.05, 0) is 18.7 Å². The molecule has 3 saturated heterocycles. The van der Waals surface area contributed by atoms with Crippen molar-refractivity contribution in [1.82, 2.24) is 39.0 Å². The number of halogens is 1. The number of anilines is 1. The van der Waals surface area contributed by atoms with Crippen LogP contribution in [0.2, 0.25) is 0 Å². The molecule has 46 heavy (non-hydrogen) atoms. The molecular weight excluding hydrogens is 674 g/mol. The minimum Gasteiger partial charge on any atom is -0.382 e. The number of rotatable bonds is 3. The molecule has 7 heterocycles. The van der Waals surface area contributed by atoms with Crippen molar-refractivity contribution in [3.8, 4) is 0 Å². The molecule has 10 atom stereocenters. The van der Waals surface area contributed by atoms with E-state index in [0.717, 1.165) is 0 Å². The molecule has 0 radical (unpaired) electrons. The van der Waals surface area contributed by atoms with E-state index in [0.29, 0.717) is 5.82 Å². The minimum absolute atomic E-state index is 0.0394. The van der Waals surface area contributed by atoms with Gasteiger partial charge in [-0.1, -0.05) is 0 Å². The Labute approximate surface area is 264 Å². The largest absolute Gasteiger partial charge is 0.382 e. The molecule has 24 heteroatoms. The van der Waals surface area contributed by atoms with Gasteiger partial charge in [0.1, 0.15) is 55.7 Å². The Bertz CT molecular complexity index is 1970. The second-order valence-electron chi connectivity index (χ2n) is 10.3. The van der Waals surface area contributed by atoms with E-state index >= 15 is 4.39 Å². The number of H-pyrrole nitrogens is 1. The van der Waals surface area contributed by atoms with Crippen molar-refractivity contribution in [2.24, 2.45) is 0 Å². The van der Waals surface area contributed by atoms with E-state index in [9.17, 15) is 14.3 Å². The Morgan fingerprint density at radius 3 is 2.52 bits per heavy atom. The van der Waals surface area contributed by atoms with Crippen LogP contribution in [0.5, 0.6) is 0 Å². The van der Waals surface area contributed by atoms with Gasteiger partial charge < -0.3 is 48.0 Å². The third-order valence-electron chi connectivity index (χ3n) is 7.52. The molecule has 3 aliphatic heterocycles. The standard InChI is InChI=1S/C22H28BFN9O10P2S/c1-8-30-19-13(20(34)31-8)29-7-33(19)22-16-15(37-2)10(41-22)3-38-44(23,35)42-14-9(4-39-45(36,46)43-16)40-21(11(14)24)32-6-28-12-17(25)26-5-27-18(12)32/h5-7,9-11,14-16,21-22H,3-4H2,1-2,23H3,(H,36,46)(H2,25,26,27)(H,30,31,34)/q-1/t9?,10?,11?,14?,15?,16?,21?,22?,44-,45?/m1/s1. The first-order chi connectivity index (χ1) is 21.9. The molecule has 0 amide bonds. The van der Waals surface area contributed by atoms with E-state index < -0.39 is 83.1 Å². The lowest BCUT2D eigenvalue weighted by Crippen LogP contribution is -2.37. The number of hydrogen-bond donors (Lipinski definition) is 3. The fourth-order valence-corrected chi connectivity index (χ4v) is 7.72. The molecular formula is C22H28BFN9O10P2S-. The lowest BCUT2D eigenvalue weighted by molar-refractivity contribution is -0.0592. The van der Waals surface area contributed by atoms with Crippen molar-refractivity contribution < 1.29 is 46.2 Å². The van der Waals surface area contributed by atoms with Crippen molar-refractivity contribution in [3.05, 3.63) is 35.2 Å². The number of methoxy groups -OCH3 is 1. The highest BCUT2D eigenvalue weighted by atomic mass is 32.5. The number of nitrogens with zero attached hydrogens (tertiary/aromatic N) is 7. The third kappa shape index (κ3) is 5.60. The Hall–Kier alpha value is -2.75. The fraction of sp³-hybridized carbons (Fsp3) is 0.545. The van der Waals surface area contributed by atoms with E-state index in [1.807, 2.05) is 0 Å². The maximum atomic E-state index is 16.1. The highest BCUT2D eigenvalue weighted by Gasteiger charge is 2.53. The molecule has 0 spiro atoms. The smallest absolute Gasteiger partial charge is 0.325 e. The Morgan fingerprint density at radius 2 is 1.76 bits per heavy atom. The monoisotopic (exact) mass is 702 g/mol. The van der Waals surface area contributed by atoms with Gasteiger partial charge in [0.05, 0.1) is 33.4 Å². The van der Waals surface area contributed by atoms with Crippen LogP contribution in [0.15, 0.2) is 23.8 Å². The lowest BCUT2D eigenvalue weighted by atomic mass is 10.1. The van der Waals surface area contributed by atoms with E-state index in [1.165, 1.54) is 35.2 Å². The summed E-state index contributed by atoms with van der Waals surface area (Å²) < 4.78 is 73.9. The Balaban J connectivity index is 1.22. The maximum Gasteiger partial charge on any atom is 0.325 e. The number of ether oxygens (including phenoxy) is 3. The highest BCUT2D eigenvalue weighted by Crippen LogP contribution is 2.54. The second-order valence-corrected chi connectivity index (χ2v) is 14.0. The van der Waals surface area contributed by atoms with E-state index in [1.54, 1.807) is 6.92 Å². The van der Waals surface area contributed by atoms with Crippen molar-refractivity contribution in [2.45, 2.75) is 56.1 Å². The predicted molar refractivity (Wildman–Crippen MR) is 162 cm³/mol. The van der Waals surface area contributed by atoms with Crippen molar-refractivity contribution in [1.29, 1.82) is 0 Å². The quantitative estimate of drug-likeness (QED) is 0.180. The summed E-state index contributed by atoms with van der Waals surface area (Å²) in [6, 6.07) is 0. The van der Waals surface area contributed by atoms with E-state index in [-0.39, 0.29) is 34.8 Å². The van der Waals surface area contributed by atoms with Crippen LogP contribution in [0.3, 0.4) is 0 Å². The van der Waals surface area contributed by atoms with E-state index in [2.05, 4.69) is 29.9 Å². The first kappa shape index (κ1) is 31.8. The molecule has 7 rings (SSSR count). The average Bonchev–Trinajstić information content (AvgIpc) is 3.75. The van der Waals surface area contributed by atoms with Gasteiger partial charge in [-0.15, -0.1) is 0 Å². The minimum atomic E-state index is -4.15. The number of aryl methyl sites for hydroxylation is 1. The van der Waals surface area contributed by atoms with Gasteiger partial charge in [0.25, 0.3) is 5.56 Å². The van der Waals surface area contributed by atoms with E-state index in [4.69, 9.17) is 49.8 Å². The van der Waals surface area contributed by atoms with Crippen LogP contribution < -0.4 is 11.3 Å². The first-order valence-corrected chi connectivity index (χ1v) is 17.0. The Kier molecular flexibility index (Phi) is 8.13. The van der Waals surface area contributed by atoms with Crippen LogP contribution in [0.25, 0.3) is 22.3 Å². The van der Waals surface area contributed by atoms with Gasteiger partial charge in [0, 0.05) is 7.11 Å². The first-order valence-electron chi connectivity index (χ1n) is 13.3. The predicted octanol–water partition coefficient (Wildman–Crippen LogP) is -0.494. The average molecular weight is 702 g/mol. The Morgan fingerprint density at radius 1 is 1.07 bits per heavy atom. The zero-order valence-corrected chi connectivity index (χ0v) is 25.9. The summed E-state index contributed by atoms with van der Waals surface area (Å²) in [6.07, 6.45) is -6.23.